The topological polar surface area (TPSA) is 51.8 Å². The summed E-state index contributed by atoms with van der Waals surface area (Å²) in [5.41, 5.74) is 3.15. The lowest BCUT2D eigenvalue weighted by atomic mass is 10.1. The average Bonchev–Trinajstić information content (AvgIpc) is 2.74. The maximum Gasteiger partial charge on any atom is 0.159 e. The summed E-state index contributed by atoms with van der Waals surface area (Å²) in [5.74, 6) is 1.55. The number of para-hydroxylation sites is 1. The molecular weight excluding hydrogens is 350 g/mol. The van der Waals surface area contributed by atoms with Crippen molar-refractivity contribution in [2.24, 2.45) is 4.99 Å². The number of ether oxygens (including phenoxy) is 1. The van der Waals surface area contributed by atoms with Crippen molar-refractivity contribution in [3.63, 3.8) is 0 Å². The molecule has 0 fully saturated rings. The molecule has 0 saturated heterocycles. The highest BCUT2D eigenvalue weighted by Crippen LogP contribution is 2.25. The molecular formula is C24H19NO3. The van der Waals surface area contributed by atoms with Crippen LogP contribution in [-0.4, -0.2) is 12.9 Å². The van der Waals surface area contributed by atoms with Crippen molar-refractivity contribution in [3.05, 3.63) is 89.8 Å². The van der Waals surface area contributed by atoms with Crippen molar-refractivity contribution in [1.82, 2.24) is 0 Å². The van der Waals surface area contributed by atoms with Crippen LogP contribution in [0.5, 0.6) is 5.75 Å². The van der Waals surface area contributed by atoms with Crippen molar-refractivity contribution in [3.8, 4) is 17.1 Å². The van der Waals surface area contributed by atoms with Gasteiger partial charge in [0.15, 0.2) is 5.78 Å². The minimum Gasteiger partial charge on any atom is -0.497 e. The van der Waals surface area contributed by atoms with Crippen molar-refractivity contribution in [1.29, 1.82) is 0 Å². The van der Waals surface area contributed by atoms with Crippen LogP contribution >= 0.6 is 0 Å². The van der Waals surface area contributed by atoms with Crippen LogP contribution in [0.15, 0.2) is 88.3 Å². The van der Waals surface area contributed by atoms with E-state index in [-0.39, 0.29) is 5.78 Å². The number of rotatable bonds is 4. The zero-order chi connectivity index (χ0) is 19.5. The quantitative estimate of drug-likeness (QED) is 0.444. The van der Waals surface area contributed by atoms with Crippen LogP contribution in [0.25, 0.3) is 22.3 Å². The van der Waals surface area contributed by atoms with Crippen molar-refractivity contribution in [2.75, 3.05) is 7.11 Å². The smallest absolute Gasteiger partial charge is 0.159 e. The minimum absolute atomic E-state index is 0.0392. The number of Topliss-reactive ketones (excluding diaryl/α,β-unsaturated/α-hetero) is 1. The Morgan fingerprint density at radius 3 is 2.32 bits per heavy atom. The van der Waals surface area contributed by atoms with Crippen LogP contribution in [0.3, 0.4) is 0 Å². The van der Waals surface area contributed by atoms with Crippen LogP contribution in [-0.2, 0) is 0 Å². The predicted octanol–water partition coefficient (Wildman–Crippen LogP) is 5.54. The van der Waals surface area contributed by atoms with E-state index in [1.54, 1.807) is 26.2 Å². The Morgan fingerprint density at radius 2 is 1.64 bits per heavy atom. The van der Waals surface area contributed by atoms with Gasteiger partial charge in [0.05, 0.1) is 18.2 Å². The molecule has 0 radical (unpaired) electrons. The molecule has 0 atom stereocenters. The van der Waals surface area contributed by atoms with Gasteiger partial charge in [-0.1, -0.05) is 12.1 Å². The molecule has 1 aromatic heterocycles. The highest BCUT2D eigenvalue weighted by atomic mass is 16.5. The third kappa shape index (κ3) is 3.58. The fraction of sp³-hybridized carbons (Fsp3) is 0.0833. The summed E-state index contributed by atoms with van der Waals surface area (Å²) in [5, 5.41) is 1.73. The molecule has 4 nitrogen and oxygen atoms in total. The van der Waals surface area contributed by atoms with Crippen LogP contribution in [0, 0.1) is 0 Å². The lowest BCUT2D eigenvalue weighted by Gasteiger charge is -2.06. The lowest BCUT2D eigenvalue weighted by Crippen LogP contribution is -2.03. The highest BCUT2D eigenvalue weighted by molar-refractivity contribution is 5.94. The van der Waals surface area contributed by atoms with Gasteiger partial charge < -0.3 is 9.15 Å². The van der Waals surface area contributed by atoms with E-state index in [1.807, 2.05) is 66.7 Å². The van der Waals surface area contributed by atoms with E-state index < -0.39 is 0 Å². The molecule has 3 aromatic carbocycles. The maximum atomic E-state index is 11.5. The van der Waals surface area contributed by atoms with Gasteiger partial charge in [0, 0.05) is 22.6 Å². The lowest BCUT2D eigenvalue weighted by molar-refractivity contribution is 0.101. The maximum absolute atomic E-state index is 11.5. The first kappa shape index (κ1) is 17.7. The zero-order valence-corrected chi connectivity index (χ0v) is 15.7. The number of carbonyl (C=O) groups is 1. The number of nitrogens with zero attached hydrogens (tertiary/aromatic N) is 1. The van der Waals surface area contributed by atoms with Crippen LogP contribution < -0.4 is 10.1 Å². The predicted molar refractivity (Wildman–Crippen MR) is 110 cm³/mol. The van der Waals surface area contributed by atoms with E-state index in [0.29, 0.717) is 5.56 Å². The fourth-order valence-electron chi connectivity index (χ4n) is 3.02. The molecule has 0 aliphatic heterocycles. The second-order valence-corrected chi connectivity index (χ2v) is 6.44. The summed E-state index contributed by atoms with van der Waals surface area (Å²) in [4.78, 5) is 16.3. The number of ketones is 1. The number of benzene rings is 3. The summed E-state index contributed by atoms with van der Waals surface area (Å²) in [7, 11) is 1.64. The first-order chi connectivity index (χ1) is 13.6. The first-order valence-electron chi connectivity index (χ1n) is 8.97. The molecule has 138 valence electrons. The van der Waals surface area contributed by atoms with Gasteiger partial charge in [0.25, 0.3) is 0 Å². The normalized spacial score (nSPS) is 11.6. The Kier molecular flexibility index (Phi) is 4.77. The SMILES string of the molecule is COc1ccc(-c2cc(=Nc3ccc(C(C)=O)cc3)c3ccccc3o2)cc1. The van der Waals surface area contributed by atoms with Gasteiger partial charge in [-0.3, -0.25) is 4.79 Å². The fourth-order valence-corrected chi connectivity index (χ4v) is 3.02. The van der Waals surface area contributed by atoms with Crippen LogP contribution in [0.4, 0.5) is 5.69 Å². The molecule has 0 unspecified atom stereocenters. The number of hydrogen-bond donors (Lipinski definition) is 0. The Balaban J connectivity index is 1.87. The standard InChI is InChI=1S/C24H19NO3/c1-16(26)17-7-11-19(12-8-17)25-22-15-24(18-9-13-20(27-2)14-10-18)28-23-6-4-3-5-21(22)23/h3-15H,1-2H3. The van der Waals surface area contributed by atoms with Gasteiger partial charge in [-0.05, 0) is 67.6 Å². The second kappa shape index (κ2) is 7.53. The summed E-state index contributed by atoms with van der Waals surface area (Å²) in [6.45, 7) is 1.56. The van der Waals surface area contributed by atoms with E-state index in [9.17, 15) is 4.79 Å². The monoisotopic (exact) mass is 369 g/mol. The van der Waals surface area contributed by atoms with E-state index in [4.69, 9.17) is 14.1 Å². The summed E-state index contributed by atoms with van der Waals surface area (Å²) in [6.07, 6.45) is 0. The molecule has 0 aliphatic rings. The summed E-state index contributed by atoms with van der Waals surface area (Å²) >= 11 is 0. The molecule has 4 heteroatoms. The number of carbonyl (C=O) groups excluding carboxylic acids is 1. The van der Waals surface area contributed by atoms with Gasteiger partial charge in [-0.25, -0.2) is 4.99 Å². The number of methoxy groups -OCH3 is 1. The first-order valence-corrected chi connectivity index (χ1v) is 8.97. The zero-order valence-electron chi connectivity index (χ0n) is 15.7. The average molecular weight is 369 g/mol. The van der Waals surface area contributed by atoms with Crippen molar-refractivity contribution >= 4 is 22.4 Å². The molecule has 0 spiro atoms. The molecule has 0 bridgehead atoms. The van der Waals surface area contributed by atoms with E-state index >= 15 is 0 Å². The Bertz CT molecular complexity index is 1200. The van der Waals surface area contributed by atoms with E-state index in [1.165, 1.54) is 0 Å². The van der Waals surface area contributed by atoms with Crippen molar-refractivity contribution < 1.29 is 13.9 Å². The molecule has 4 rings (SSSR count). The van der Waals surface area contributed by atoms with Crippen LogP contribution in [0.1, 0.15) is 17.3 Å². The summed E-state index contributed by atoms with van der Waals surface area (Å²) in [6, 6.07) is 24.7. The molecule has 28 heavy (non-hydrogen) atoms. The molecule has 0 aliphatic carbocycles. The molecule has 1 heterocycles. The van der Waals surface area contributed by atoms with Gasteiger partial charge in [-0.2, -0.15) is 0 Å². The largest absolute Gasteiger partial charge is 0.497 e. The third-order valence-corrected chi connectivity index (χ3v) is 4.55. The molecule has 0 amide bonds. The Morgan fingerprint density at radius 1 is 0.929 bits per heavy atom. The van der Waals surface area contributed by atoms with Gasteiger partial charge in [0.1, 0.15) is 17.1 Å². The molecule has 0 N–H and O–H groups in total. The van der Waals surface area contributed by atoms with E-state index in [2.05, 4.69) is 0 Å². The van der Waals surface area contributed by atoms with E-state index in [0.717, 1.165) is 39.1 Å². The molecule has 4 aromatic rings. The van der Waals surface area contributed by atoms with Gasteiger partial charge in [-0.15, -0.1) is 0 Å². The minimum atomic E-state index is 0.0392. The number of hydrogen-bond acceptors (Lipinski definition) is 4. The third-order valence-electron chi connectivity index (χ3n) is 4.55. The summed E-state index contributed by atoms with van der Waals surface area (Å²) < 4.78 is 11.3. The van der Waals surface area contributed by atoms with Crippen LogP contribution in [0.2, 0.25) is 0 Å². The number of fused-ring (bicyclic) bond motifs is 1. The van der Waals surface area contributed by atoms with Crippen molar-refractivity contribution in [2.45, 2.75) is 6.92 Å². The Hall–Kier alpha value is -3.66. The second-order valence-electron chi connectivity index (χ2n) is 6.44. The molecule has 0 saturated carbocycles. The van der Waals surface area contributed by atoms with Gasteiger partial charge >= 0.3 is 0 Å². The Labute approximate surface area is 162 Å². The van der Waals surface area contributed by atoms with Gasteiger partial charge in [0.2, 0.25) is 0 Å². The highest BCUT2D eigenvalue weighted by Gasteiger charge is 2.06.